The first-order valence-corrected chi connectivity index (χ1v) is 2.96. The van der Waals surface area contributed by atoms with Crippen molar-refractivity contribution in [3.05, 3.63) is 0 Å². The second-order valence-corrected chi connectivity index (χ2v) is 1.78. The Labute approximate surface area is 54.7 Å². The van der Waals surface area contributed by atoms with Gasteiger partial charge in [0, 0.05) is 14.2 Å². The standard InChI is InChI=1S/C5H11ClO2/c1-7-4-5(3-6)8-2/h5H,3-4H2,1-2H3/t5-/m0/s1. The molecule has 0 fully saturated rings. The molecule has 0 unspecified atom stereocenters. The van der Waals surface area contributed by atoms with Crippen LogP contribution in [0.5, 0.6) is 0 Å². The fourth-order valence-electron chi connectivity index (χ4n) is 0.361. The lowest BCUT2D eigenvalue weighted by Gasteiger charge is -2.08. The molecule has 0 spiro atoms. The number of alkyl halides is 1. The fraction of sp³-hybridized carbons (Fsp3) is 1.00. The van der Waals surface area contributed by atoms with Crippen molar-refractivity contribution in [2.45, 2.75) is 6.10 Å². The molecule has 0 rings (SSSR count). The molecule has 0 aromatic rings. The van der Waals surface area contributed by atoms with Gasteiger partial charge in [-0.15, -0.1) is 11.6 Å². The molecule has 0 aliphatic rings. The number of hydrogen-bond acceptors (Lipinski definition) is 2. The van der Waals surface area contributed by atoms with E-state index in [2.05, 4.69) is 0 Å². The van der Waals surface area contributed by atoms with Crippen LogP contribution < -0.4 is 0 Å². The van der Waals surface area contributed by atoms with Crippen LogP contribution in [-0.2, 0) is 9.47 Å². The topological polar surface area (TPSA) is 18.5 Å². The predicted octanol–water partition coefficient (Wildman–Crippen LogP) is 0.887. The van der Waals surface area contributed by atoms with Crippen LogP contribution >= 0.6 is 11.6 Å². The maximum Gasteiger partial charge on any atom is 0.0939 e. The van der Waals surface area contributed by atoms with E-state index in [-0.39, 0.29) is 6.10 Å². The Morgan fingerprint density at radius 3 is 2.25 bits per heavy atom. The molecular formula is C5H11ClO2. The first-order valence-electron chi connectivity index (χ1n) is 2.42. The van der Waals surface area contributed by atoms with E-state index in [9.17, 15) is 0 Å². The summed E-state index contributed by atoms with van der Waals surface area (Å²) in [6.45, 7) is 0.569. The SMILES string of the molecule is COC[C@H](CCl)OC. The minimum Gasteiger partial charge on any atom is -0.382 e. The highest BCUT2D eigenvalue weighted by molar-refractivity contribution is 6.18. The Kier molecular flexibility index (Phi) is 5.49. The van der Waals surface area contributed by atoms with Crippen LogP contribution in [0.2, 0.25) is 0 Å². The van der Waals surface area contributed by atoms with Gasteiger partial charge in [-0.1, -0.05) is 0 Å². The van der Waals surface area contributed by atoms with Gasteiger partial charge < -0.3 is 9.47 Å². The van der Waals surface area contributed by atoms with Crippen LogP contribution in [0.1, 0.15) is 0 Å². The number of methoxy groups -OCH3 is 2. The molecule has 3 heteroatoms. The lowest BCUT2D eigenvalue weighted by Crippen LogP contribution is -2.18. The summed E-state index contributed by atoms with van der Waals surface area (Å²) in [4.78, 5) is 0. The minimum absolute atomic E-state index is 0.0432. The third kappa shape index (κ3) is 3.24. The smallest absolute Gasteiger partial charge is 0.0939 e. The summed E-state index contributed by atoms with van der Waals surface area (Å²) in [6, 6.07) is 0. The van der Waals surface area contributed by atoms with E-state index in [1.165, 1.54) is 0 Å². The highest BCUT2D eigenvalue weighted by Gasteiger charge is 2.01. The molecule has 0 aliphatic carbocycles. The first kappa shape index (κ1) is 8.21. The summed E-state index contributed by atoms with van der Waals surface area (Å²) in [5.41, 5.74) is 0. The van der Waals surface area contributed by atoms with Crippen molar-refractivity contribution in [3.63, 3.8) is 0 Å². The molecule has 1 atom stereocenters. The third-order valence-corrected chi connectivity index (χ3v) is 1.20. The first-order chi connectivity index (χ1) is 3.85. The van der Waals surface area contributed by atoms with Crippen molar-refractivity contribution in [3.8, 4) is 0 Å². The average Bonchev–Trinajstić information content (AvgIpc) is 1.83. The van der Waals surface area contributed by atoms with E-state index in [1.54, 1.807) is 14.2 Å². The molecule has 50 valence electrons. The highest BCUT2D eigenvalue weighted by Crippen LogP contribution is 1.92. The van der Waals surface area contributed by atoms with Crippen LogP contribution in [0.3, 0.4) is 0 Å². The van der Waals surface area contributed by atoms with Crippen LogP contribution in [0.4, 0.5) is 0 Å². The van der Waals surface area contributed by atoms with E-state index >= 15 is 0 Å². The van der Waals surface area contributed by atoms with Gasteiger partial charge in [0.15, 0.2) is 0 Å². The summed E-state index contributed by atoms with van der Waals surface area (Å²) in [6.07, 6.45) is 0.0432. The van der Waals surface area contributed by atoms with E-state index in [0.29, 0.717) is 12.5 Å². The van der Waals surface area contributed by atoms with E-state index in [4.69, 9.17) is 21.1 Å². The Bertz CT molecular complexity index is 45.7. The van der Waals surface area contributed by atoms with Crippen molar-refractivity contribution in [1.29, 1.82) is 0 Å². The van der Waals surface area contributed by atoms with Gasteiger partial charge in [0.1, 0.15) is 0 Å². The quantitative estimate of drug-likeness (QED) is 0.538. The van der Waals surface area contributed by atoms with Crippen LogP contribution in [0.25, 0.3) is 0 Å². The second kappa shape index (κ2) is 5.35. The van der Waals surface area contributed by atoms with Crippen LogP contribution in [0.15, 0.2) is 0 Å². The van der Waals surface area contributed by atoms with Crippen LogP contribution in [-0.4, -0.2) is 32.8 Å². The van der Waals surface area contributed by atoms with Crippen molar-refractivity contribution >= 4 is 11.6 Å². The molecule has 0 bridgehead atoms. The Morgan fingerprint density at radius 1 is 1.50 bits per heavy atom. The molecule has 0 N–H and O–H groups in total. The monoisotopic (exact) mass is 138 g/mol. The van der Waals surface area contributed by atoms with Gasteiger partial charge in [0.25, 0.3) is 0 Å². The van der Waals surface area contributed by atoms with Crippen molar-refractivity contribution < 1.29 is 9.47 Å². The lowest BCUT2D eigenvalue weighted by molar-refractivity contribution is 0.0422. The Morgan fingerprint density at radius 2 is 2.12 bits per heavy atom. The van der Waals surface area contributed by atoms with E-state index in [0.717, 1.165) is 0 Å². The van der Waals surface area contributed by atoms with E-state index < -0.39 is 0 Å². The maximum absolute atomic E-state index is 5.44. The Hall–Kier alpha value is 0.210. The molecule has 0 aliphatic heterocycles. The summed E-state index contributed by atoms with van der Waals surface area (Å²) >= 11 is 5.44. The molecule has 0 aromatic carbocycles. The normalized spacial score (nSPS) is 13.9. The molecule has 8 heavy (non-hydrogen) atoms. The molecule has 0 saturated heterocycles. The summed E-state index contributed by atoms with van der Waals surface area (Å²) in [5.74, 6) is 0.490. The zero-order valence-corrected chi connectivity index (χ0v) is 5.94. The van der Waals surface area contributed by atoms with Crippen LogP contribution in [0, 0.1) is 0 Å². The van der Waals surface area contributed by atoms with E-state index in [1.807, 2.05) is 0 Å². The molecular weight excluding hydrogens is 128 g/mol. The predicted molar refractivity (Wildman–Crippen MR) is 33.4 cm³/mol. The number of rotatable bonds is 4. The highest BCUT2D eigenvalue weighted by atomic mass is 35.5. The summed E-state index contributed by atoms with van der Waals surface area (Å²) in [7, 11) is 3.24. The zero-order chi connectivity index (χ0) is 6.41. The molecule has 0 heterocycles. The second-order valence-electron chi connectivity index (χ2n) is 1.47. The van der Waals surface area contributed by atoms with Gasteiger partial charge in [0.2, 0.25) is 0 Å². The third-order valence-electron chi connectivity index (χ3n) is 0.858. The molecule has 0 aromatic heterocycles. The number of ether oxygens (including phenoxy) is 2. The minimum atomic E-state index is 0.0432. The zero-order valence-electron chi connectivity index (χ0n) is 5.19. The molecule has 0 saturated carbocycles. The fourth-order valence-corrected chi connectivity index (χ4v) is 0.577. The van der Waals surface area contributed by atoms with Crippen molar-refractivity contribution in [2.75, 3.05) is 26.7 Å². The molecule has 0 amide bonds. The largest absolute Gasteiger partial charge is 0.382 e. The summed E-state index contributed by atoms with van der Waals surface area (Å²) in [5, 5.41) is 0. The van der Waals surface area contributed by atoms with Gasteiger partial charge in [0.05, 0.1) is 18.6 Å². The maximum atomic E-state index is 5.44. The molecule has 0 radical (unpaired) electrons. The average molecular weight is 139 g/mol. The van der Waals surface area contributed by atoms with Crippen molar-refractivity contribution in [1.82, 2.24) is 0 Å². The van der Waals surface area contributed by atoms with Gasteiger partial charge in [-0.25, -0.2) is 0 Å². The molecule has 2 nitrogen and oxygen atoms in total. The number of halogens is 1. The van der Waals surface area contributed by atoms with Gasteiger partial charge in [-0.05, 0) is 0 Å². The van der Waals surface area contributed by atoms with Gasteiger partial charge in [-0.3, -0.25) is 0 Å². The lowest BCUT2D eigenvalue weighted by atomic mass is 10.4. The number of hydrogen-bond donors (Lipinski definition) is 0. The van der Waals surface area contributed by atoms with Gasteiger partial charge in [-0.2, -0.15) is 0 Å². The van der Waals surface area contributed by atoms with Crippen molar-refractivity contribution in [2.24, 2.45) is 0 Å². The van der Waals surface area contributed by atoms with Gasteiger partial charge >= 0.3 is 0 Å². The Balaban J connectivity index is 3.07. The summed E-state index contributed by atoms with van der Waals surface area (Å²) < 4.78 is 9.66.